The van der Waals surface area contributed by atoms with Crippen molar-refractivity contribution < 1.29 is 0 Å². The highest BCUT2D eigenvalue weighted by Crippen LogP contribution is 2.65. The van der Waals surface area contributed by atoms with E-state index in [-0.39, 0.29) is 0 Å². The Labute approximate surface area is 125 Å². The van der Waals surface area contributed by atoms with Gasteiger partial charge in [0.1, 0.15) is 5.82 Å². The van der Waals surface area contributed by atoms with Gasteiger partial charge in [-0.2, -0.15) is 5.10 Å². The van der Waals surface area contributed by atoms with Crippen molar-refractivity contribution in [1.82, 2.24) is 10.2 Å². The molecule has 1 heterocycles. The molecule has 0 bridgehead atoms. The summed E-state index contributed by atoms with van der Waals surface area (Å²) in [5.41, 5.74) is 11.8. The summed E-state index contributed by atoms with van der Waals surface area (Å²) in [5.74, 6) is 3.38. The number of nitrogens with one attached hydrogen (secondary N) is 1. The molecule has 1 fully saturated rings. The maximum absolute atomic E-state index is 6.10. The fourth-order valence-corrected chi connectivity index (χ4v) is 4.25. The average molecular weight is 281 g/mol. The van der Waals surface area contributed by atoms with Crippen LogP contribution >= 0.6 is 0 Å². The van der Waals surface area contributed by atoms with Crippen LogP contribution in [-0.2, 0) is 12.8 Å². The summed E-state index contributed by atoms with van der Waals surface area (Å²) in [6.45, 7) is 4.48. The zero-order chi connectivity index (χ0) is 14.6. The number of nitrogens with two attached hydrogens (primary N) is 1. The normalized spacial score (nSPS) is 26.5. The summed E-state index contributed by atoms with van der Waals surface area (Å²) < 4.78 is 0. The molecule has 3 nitrogen and oxygen atoms in total. The van der Waals surface area contributed by atoms with E-state index in [1.807, 2.05) is 0 Å². The summed E-state index contributed by atoms with van der Waals surface area (Å²) >= 11 is 0. The second kappa shape index (κ2) is 4.62. The molecule has 3 heteroatoms. The van der Waals surface area contributed by atoms with Crippen LogP contribution in [0.2, 0.25) is 0 Å². The van der Waals surface area contributed by atoms with E-state index in [0.717, 1.165) is 12.3 Å². The molecule has 21 heavy (non-hydrogen) atoms. The molecule has 2 aliphatic rings. The third-order valence-electron chi connectivity index (χ3n) is 5.21. The minimum absolute atomic E-state index is 0.604. The lowest BCUT2D eigenvalue weighted by Crippen LogP contribution is -2.00. The number of rotatable bonds is 3. The Balaban J connectivity index is 1.69. The number of aromatic nitrogens is 2. The van der Waals surface area contributed by atoms with Gasteiger partial charge in [0.25, 0.3) is 0 Å². The largest absolute Gasteiger partial charge is 0.382 e. The molecule has 0 radical (unpaired) electrons. The number of anilines is 1. The molecule has 1 aromatic heterocycles. The van der Waals surface area contributed by atoms with Crippen molar-refractivity contribution in [2.45, 2.75) is 44.9 Å². The van der Waals surface area contributed by atoms with Gasteiger partial charge in [0.05, 0.1) is 0 Å². The van der Waals surface area contributed by atoms with Gasteiger partial charge in [-0.15, -0.1) is 0 Å². The van der Waals surface area contributed by atoms with Crippen LogP contribution in [0.5, 0.6) is 0 Å². The van der Waals surface area contributed by atoms with Crippen LogP contribution in [0.25, 0.3) is 0 Å². The summed E-state index contributed by atoms with van der Waals surface area (Å²) in [7, 11) is 0. The summed E-state index contributed by atoms with van der Waals surface area (Å²) in [6.07, 6.45) is 3.54. The monoisotopic (exact) mass is 281 g/mol. The van der Waals surface area contributed by atoms with E-state index in [1.54, 1.807) is 11.1 Å². The highest BCUT2D eigenvalue weighted by atomic mass is 15.2. The predicted octanol–water partition coefficient (Wildman–Crippen LogP) is 3.63. The van der Waals surface area contributed by atoms with Crippen molar-refractivity contribution in [2.75, 3.05) is 5.73 Å². The lowest BCUT2D eigenvalue weighted by molar-refractivity contribution is 0.636. The van der Waals surface area contributed by atoms with E-state index in [0.29, 0.717) is 23.6 Å². The van der Waals surface area contributed by atoms with Crippen molar-refractivity contribution in [3.05, 3.63) is 46.6 Å². The number of nitrogen functional groups attached to an aromatic ring is 1. The minimum atomic E-state index is 0.604. The standard InChI is InChI=1S/C18H23N3/c1-10(2)9-14-17(20-21-18(14)19)16-13-8-7-11-5-3-4-6-12(11)15(13)16/h3-6,10,13,15-16H,7-9H2,1-2H3,(H3,19,20,21). The lowest BCUT2D eigenvalue weighted by Gasteiger charge is -2.13. The number of H-pyrrole nitrogens is 1. The van der Waals surface area contributed by atoms with Crippen LogP contribution in [0.4, 0.5) is 5.82 Å². The van der Waals surface area contributed by atoms with Gasteiger partial charge >= 0.3 is 0 Å². The molecular formula is C18H23N3. The Kier molecular flexibility index (Phi) is 2.84. The van der Waals surface area contributed by atoms with Crippen LogP contribution in [0.15, 0.2) is 24.3 Å². The molecule has 110 valence electrons. The number of hydrogen-bond donors (Lipinski definition) is 2. The first-order valence-corrected chi connectivity index (χ1v) is 8.07. The van der Waals surface area contributed by atoms with Gasteiger partial charge in [-0.25, -0.2) is 0 Å². The van der Waals surface area contributed by atoms with E-state index in [4.69, 9.17) is 5.73 Å². The van der Waals surface area contributed by atoms with Crippen molar-refractivity contribution >= 4 is 5.82 Å². The first-order valence-electron chi connectivity index (χ1n) is 8.07. The highest BCUT2D eigenvalue weighted by Gasteiger charge is 2.55. The number of fused-ring (bicyclic) bond motifs is 3. The Bertz CT molecular complexity index is 671. The van der Waals surface area contributed by atoms with Gasteiger partial charge < -0.3 is 5.73 Å². The Morgan fingerprint density at radius 3 is 2.90 bits per heavy atom. The fraction of sp³-hybridized carbons (Fsp3) is 0.500. The van der Waals surface area contributed by atoms with Crippen LogP contribution in [-0.4, -0.2) is 10.2 Å². The molecule has 3 N–H and O–H groups in total. The van der Waals surface area contributed by atoms with Gasteiger partial charge in [-0.05, 0) is 48.1 Å². The van der Waals surface area contributed by atoms with Crippen LogP contribution in [0.1, 0.15) is 54.5 Å². The van der Waals surface area contributed by atoms with Crippen molar-refractivity contribution in [3.63, 3.8) is 0 Å². The van der Waals surface area contributed by atoms with E-state index in [9.17, 15) is 0 Å². The maximum Gasteiger partial charge on any atom is 0.148 e. The number of hydrogen-bond acceptors (Lipinski definition) is 2. The molecule has 3 unspecified atom stereocenters. The summed E-state index contributed by atoms with van der Waals surface area (Å²) in [6, 6.07) is 8.94. The highest BCUT2D eigenvalue weighted by molar-refractivity contribution is 5.51. The van der Waals surface area contributed by atoms with Crippen LogP contribution < -0.4 is 5.73 Å². The molecule has 3 atom stereocenters. The Morgan fingerprint density at radius 1 is 1.29 bits per heavy atom. The quantitative estimate of drug-likeness (QED) is 0.902. The van der Waals surface area contributed by atoms with Crippen molar-refractivity contribution in [3.8, 4) is 0 Å². The molecule has 0 spiro atoms. The first kappa shape index (κ1) is 12.9. The third kappa shape index (κ3) is 1.98. The van der Waals surface area contributed by atoms with Crippen LogP contribution in [0, 0.1) is 11.8 Å². The second-order valence-corrected chi connectivity index (χ2v) is 7.05. The molecule has 4 rings (SSSR count). The maximum atomic E-state index is 6.10. The SMILES string of the molecule is CC(C)Cc1c(N)n[nH]c1C1C2CCc3ccccc3C21. The van der Waals surface area contributed by atoms with Gasteiger partial charge in [-0.3, -0.25) is 5.10 Å². The number of aryl methyl sites for hydroxylation is 1. The fourth-order valence-electron chi connectivity index (χ4n) is 4.25. The smallest absolute Gasteiger partial charge is 0.148 e. The number of aromatic amines is 1. The lowest BCUT2D eigenvalue weighted by atomic mass is 9.92. The second-order valence-electron chi connectivity index (χ2n) is 7.05. The molecule has 2 aromatic rings. The van der Waals surface area contributed by atoms with Gasteiger partial charge in [-0.1, -0.05) is 38.1 Å². The van der Waals surface area contributed by atoms with Gasteiger partial charge in [0, 0.05) is 17.2 Å². The van der Waals surface area contributed by atoms with E-state index in [2.05, 4.69) is 48.3 Å². The van der Waals surface area contributed by atoms with E-state index in [1.165, 1.54) is 24.1 Å². The number of benzene rings is 1. The molecule has 1 saturated carbocycles. The first-order chi connectivity index (χ1) is 10.2. The molecule has 2 aliphatic carbocycles. The minimum Gasteiger partial charge on any atom is -0.382 e. The third-order valence-corrected chi connectivity index (χ3v) is 5.21. The molecular weight excluding hydrogens is 258 g/mol. The van der Waals surface area contributed by atoms with Crippen molar-refractivity contribution in [2.24, 2.45) is 11.8 Å². The predicted molar refractivity (Wildman–Crippen MR) is 85.3 cm³/mol. The van der Waals surface area contributed by atoms with Gasteiger partial charge in [0.15, 0.2) is 0 Å². The van der Waals surface area contributed by atoms with E-state index < -0.39 is 0 Å². The molecule has 0 aliphatic heterocycles. The van der Waals surface area contributed by atoms with Crippen LogP contribution in [0.3, 0.4) is 0 Å². The average Bonchev–Trinajstić information content (AvgIpc) is 3.11. The Morgan fingerprint density at radius 2 is 2.10 bits per heavy atom. The zero-order valence-corrected chi connectivity index (χ0v) is 12.8. The Hall–Kier alpha value is -1.77. The van der Waals surface area contributed by atoms with Gasteiger partial charge in [0.2, 0.25) is 0 Å². The topological polar surface area (TPSA) is 54.7 Å². The molecule has 0 saturated heterocycles. The molecule has 0 amide bonds. The molecule has 1 aromatic carbocycles. The van der Waals surface area contributed by atoms with Crippen molar-refractivity contribution in [1.29, 1.82) is 0 Å². The van der Waals surface area contributed by atoms with E-state index >= 15 is 0 Å². The summed E-state index contributed by atoms with van der Waals surface area (Å²) in [5, 5.41) is 7.55. The summed E-state index contributed by atoms with van der Waals surface area (Å²) in [4.78, 5) is 0. The number of nitrogens with zero attached hydrogens (tertiary/aromatic N) is 1. The zero-order valence-electron chi connectivity index (χ0n) is 12.8.